The highest BCUT2D eigenvalue weighted by molar-refractivity contribution is 6.05. The van der Waals surface area contributed by atoms with E-state index in [1.165, 1.54) is 14.2 Å². The molecule has 0 bridgehead atoms. The van der Waals surface area contributed by atoms with Crippen LogP contribution in [0, 0.1) is 0 Å². The van der Waals surface area contributed by atoms with Gasteiger partial charge in [-0.3, -0.25) is 4.79 Å². The van der Waals surface area contributed by atoms with Gasteiger partial charge in [0.25, 0.3) is 5.91 Å². The number of rotatable bonds is 6. The van der Waals surface area contributed by atoms with Gasteiger partial charge in [-0.05, 0) is 43.3 Å². The molecule has 6 heteroatoms. The Labute approximate surface area is 140 Å². The van der Waals surface area contributed by atoms with Crippen LogP contribution in [0.15, 0.2) is 42.5 Å². The van der Waals surface area contributed by atoms with Crippen LogP contribution in [-0.4, -0.2) is 32.7 Å². The summed E-state index contributed by atoms with van der Waals surface area (Å²) in [6.07, 6.45) is 0. The largest absolute Gasteiger partial charge is 0.493 e. The lowest BCUT2D eigenvalue weighted by Gasteiger charge is -2.11. The van der Waals surface area contributed by atoms with Gasteiger partial charge in [0.2, 0.25) is 0 Å². The van der Waals surface area contributed by atoms with Crippen LogP contribution in [-0.2, 0) is 4.74 Å². The van der Waals surface area contributed by atoms with Crippen molar-refractivity contribution in [1.82, 2.24) is 0 Å². The third-order valence-electron chi connectivity index (χ3n) is 3.27. The minimum absolute atomic E-state index is 0.319. The van der Waals surface area contributed by atoms with E-state index in [2.05, 4.69) is 10.1 Å². The monoisotopic (exact) mass is 329 g/mol. The minimum Gasteiger partial charge on any atom is -0.493 e. The van der Waals surface area contributed by atoms with Crippen LogP contribution in [0.4, 0.5) is 5.69 Å². The van der Waals surface area contributed by atoms with Gasteiger partial charge in [0.1, 0.15) is 0 Å². The third-order valence-corrected chi connectivity index (χ3v) is 3.27. The second-order valence-corrected chi connectivity index (χ2v) is 4.83. The highest BCUT2D eigenvalue weighted by Crippen LogP contribution is 2.28. The molecule has 24 heavy (non-hydrogen) atoms. The summed E-state index contributed by atoms with van der Waals surface area (Å²) < 4.78 is 15.3. The lowest BCUT2D eigenvalue weighted by atomic mass is 10.1. The van der Waals surface area contributed by atoms with Gasteiger partial charge in [0.05, 0.1) is 26.4 Å². The number of anilines is 1. The lowest BCUT2D eigenvalue weighted by Crippen LogP contribution is -2.13. The Morgan fingerprint density at radius 2 is 1.79 bits per heavy atom. The first-order valence-electron chi connectivity index (χ1n) is 7.39. The second-order valence-electron chi connectivity index (χ2n) is 4.83. The van der Waals surface area contributed by atoms with Crippen molar-refractivity contribution in [2.45, 2.75) is 6.92 Å². The van der Waals surface area contributed by atoms with Crippen molar-refractivity contribution < 1.29 is 23.8 Å². The molecule has 1 amide bonds. The Balaban J connectivity index is 2.21. The van der Waals surface area contributed by atoms with Crippen LogP contribution < -0.4 is 14.8 Å². The van der Waals surface area contributed by atoms with Crippen LogP contribution in [0.3, 0.4) is 0 Å². The molecule has 0 radical (unpaired) electrons. The molecule has 2 aromatic rings. The number of hydrogen-bond acceptors (Lipinski definition) is 5. The van der Waals surface area contributed by atoms with E-state index in [1.807, 2.05) is 6.92 Å². The Hall–Kier alpha value is -3.02. The first-order valence-corrected chi connectivity index (χ1v) is 7.39. The number of amides is 1. The number of esters is 1. The van der Waals surface area contributed by atoms with E-state index in [0.29, 0.717) is 34.9 Å². The fourth-order valence-electron chi connectivity index (χ4n) is 2.13. The van der Waals surface area contributed by atoms with Gasteiger partial charge in [0.15, 0.2) is 11.5 Å². The molecule has 0 heterocycles. The predicted molar refractivity (Wildman–Crippen MR) is 89.9 cm³/mol. The van der Waals surface area contributed by atoms with Crippen LogP contribution in [0.25, 0.3) is 0 Å². The van der Waals surface area contributed by atoms with Crippen molar-refractivity contribution in [2.24, 2.45) is 0 Å². The maximum Gasteiger partial charge on any atom is 0.337 e. The maximum absolute atomic E-state index is 12.4. The Kier molecular flexibility index (Phi) is 5.78. The zero-order chi connectivity index (χ0) is 17.5. The topological polar surface area (TPSA) is 73.9 Å². The van der Waals surface area contributed by atoms with Gasteiger partial charge >= 0.3 is 5.97 Å². The number of carbonyl (C=O) groups excluding carboxylic acids is 2. The smallest absolute Gasteiger partial charge is 0.337 e. The summed E-state index contributed by atoms with van der Waals surface area (Å²) in [7, 11) is 2.84. The summed E-state index contributed by atoms with van der Waals surface area (Å²) in [4.78, 5) is 23.9. The Morgan fingerprint density at radius 3 is 2.46 bits per heavy atom. The van der Waals surface area contributed by atoms with Crippen molar-refractivity contribution in [2.75, 3.05) is 26.1 Å². The summed E-state index contributed by atoms with van der Waals surface area (Å²) in [5, 5.41) is 2.74. The van der Waals surface area contributed by atoms with Crippen LogP contribution in [0.2, 0.25) is 0 Å². The molecule has 2 aromatic carbocycles. The molecule has 0 fully saturated rings. The summed E-state index contributed by atoms with van der Waals surface area (Å²) in [6.45, 7) is 2.31. The van der Waals surface area contributed by atoms with Gasteiger partial charge in [-0.25, -0.2) is 4.79 Å². The highest BCUT2D eigenvalue weighted by atomic mass is 16.5. The number of benzene rings is 2. The van der Waals surface area contributed by atoms with Crippen molar-refractivity contribution in [3.05, 3.63) is 53.6 Å². The first kappa shape index (κ1) is 17.3. The summed E-state index contributed by atoms with van der Waals surface area (Å²) in [5.41, 5.74) is 1.28. The second kappa shape index (κ2) is 8.01. The Bertz CT molecular complexity index is 742. The van der Waals surface area contributed by atoms with Crippen molar-refractivity contribution in [3.8, 4) is 11.5 Å². The molecule has 0 spiro atoms. The summed E-state index contributed by atoms with van der Waals surface area (Å²) in [5.74, 6) is 0.270. The van der Waals surface area contributed by atoms with Gasteiger partial charge in [-0.15, -0.1) is 0 Å². The van der Waals surface area contributed by atoms with E-state index >= 15 is 0 Å². The molecule has 1 N–H and O–H groups in total. The normalized spacial score (nSPS) is 9.96. The molecule has 0 atom stereocenters. The van der Waals surface area contributed by atoms with E-state index in [4.69, 9.17) is 9.47 Å². The number of methoxy groups -OCH3 is 2. The molecule has 0 aliphatic rings. The van der Waals surface area contributed by atoms with E-state index in [9.17, 15) is 9.59 Å². The average Bonchev–Trinajstić information content (AvgIpc) is 2.61. The summed E-state index contributed by atoms with van der Waals surface area (Å²) >= 11 is 0. The standard InChI is InChI=1S/C18H19NO5/c1-4-24-16-11-12(8-9-15(16)22-2)17(20)19-14-7-5-6-13(10-14)18(21)23-3/h5-11H,4H2,1-3H3,(H,19,20). The molecular weight excluding hydrogens is 310 g/mol. The quantitative estimate of drug-likeness (QED) is 0.824. The number of carbonyl (C=O) groups is 2. The molecule has 0 aliphatic heterocycles. The number of hydrogen-bond donors (Lipinski definition) is 1. The molecular formula is C18H19NO5. The van der Waals surface area contributed by atoms with E-state index in [0.717, 1.165) is 0 Å². The van der Waals surface area contributed by atoms with Gasteiger partial charge in [-0.1, -0.05) is 6.07 Å². The van der Waals surface area contributed by atoms with Gasteiger partial charge in [-0.2, -0.15) is 0 Å². The highest BCUT2D eigenvalue weighted by Gasteiger charge is 2.12. The molecule has 6 nitrogen and oxygen atoms in total. The first-order chi connectivity index (χ1) is 11.6. The van der Waals surface area contributed by atoms with E-state index in [-0.39, 0.29) is 5.91 Å². The maximum atomic E-state index is 12.4. The van der Waals surface area contributed by atoms with E-state index < -0.39 is 5.97 Å². The molecule has 0 unspecified atom stereocenters. The van der Waals surface area contributed by atoms with Crippen molar-refractivity contribution in [1.29, 1.82) is 0 Å². The molecule has 126 valence electrons. The SMILES string of the molecule is CCOc1cc(C(=O)Nc2cccc(C(=O)OC)c2)ccc1OC. The minimum atomic E-state index is -0.464. The van der Waals surface area contributed by atoms with Crippen molar-refractivity contribution in [3.63, 3.8) is 0 Å². The third kappa shape index (κ3) is 4.04. The Morgan fingerprint density at radius 1 is 1.00 bits per heavy atom. The molecule has 0 aliphatic carbocycles. The molecule has 0 saturated heterocycles. The summed E-state index contributed by atoms with van der Waals surface area (Å²) in [6, 6.07) is 11.4. The zero-order valence-corrected chi connectivity index (χ0v) is 13.8. The molecule has 2 rings (SSSR count). The lowest BCUT2D eigenvalue weighted by molar-refractivity contribution is 0.0600. The molecule has 0 saturated carbocycles. The van der Waals surface area contributed by atoms with Crippen LogP contribution >= 0.6 is 0 Å². The average molecular weight is 329 g/mol. The van der Waals surface area contributed by atoms with Crippen LogP contribution in [0.1, 0.15) is 27.6 Å². The van der Waals surface area contributed by atoms with Crippen LogP contribution in [0.5, 0.6) is 11.5 Å². The number of ether oxygens (including phenoxy) is 3. The fourth-order valence-corrected chi connectivity index (χ4v) is 2.13. The predicted octanol–water partition coefficient (Wildman–Crippen LogP) is 3.13. The zero-order valence-electron chi connectivity index (χ0n) is 13.8. The van der Waals surface area contributed by atoms with Gasteiger partial charge in [0, 0.05) is 11.3 Å². The number of nitrogens with one attached hydrogen (secondary N) is 1. The molecule has 0 aromatic heterocycles. The van der Waals surface area contributed by atoms with E-state index in [1.54, 1.807) is 42.5 Å². The van der Waals surface area contributed by atoms with Gasteiger partial charge < -0.3 is 19.5 Å². The van der Waals surface area contributed by atoms with Crippen molar-refractivity contribution >= 4 is 17.6 Å². The fraction of sp³-hybridized carbons (Fsp3) is 0.222.